The summed E-state index contributed by atoms with van der Waals surface area (Å²) in [5.74, 6) is -22.2. The summed E-state index contributed by atoms with van der Waals surface area (Å²) < 4.78 is 118. The molecule has 0 aliphatic heterocycles. The standard InChI is InChI=1S/C15H14F9NO4/c16-12(17,13(18,19)14(20,21)15(22,23)24)3-4-29-11(28)8(25)5-7-1-2-9(26)10(27)6-7/h1-2,6,8,26-27H,3-5,25H2. The van der Waals surface area contributed by atoms with Gasteiger partial charge < -0.3 is 20.7 Å². The SMILES string of the molecule is NC(Cc1ccc(O)c(O)c1)C(=O)OCCC(F)(F)C(F)(F)C(F)(F)C(F)(F)F. The van der Waals surface area contributed by atoms with Crippen molar-refractivity contribution in [2.75, 3.05) is 6.61 Å². The minimum atomic E-state index is -7.02. The van der Waals surface area contributed by atoms with Crippen LogP contribution in [0, 0.1) is 0 Å². The number of carbonyl (C=O) groups excluding carboxylic acids is 1. The first-order chi connectivity index (χ1) is 12.9. The number of phenolic OH excluding ortho intramolecular Hbond substituents is 2. The summed E-state index contributed by atoms with van der Waals surface area (Å²) in [4.78, 5) is 11.6. The van der Waals surface area contributed by atoms with Crippen molar-refractivity contribution in [2.24, 2.45) is 5.73 Å². The Bertz CT molecular complexity index is 737. The van der Waals surface area contributed by atoms with Gasteiger partial charge in [-0.1, -0.05) is 6.07 Å². The van der Waals surface area contributed by atoms with E-state index in [0.29, 0.717) is 0 Å². The van der Waals surface area contributed by atoms with Crippen LogP contribution >= 0.6 is 0 Å². The highest BCUT2D eigenvalue weighted by Crippen LogP contribution is 2.53. The number of aromatic hydroxyl groups is 2. The van der Waals surface area contributed by atoms with E-state index in [1.54, 1.807) is 0 Å². The number of rotatable bonds is 8. The number of hydrogen-bond donors (Lipinski definition) is 3. The number of carbonyl (C=O) groups is 1. The van der Waals surface area contributed by atoms with E-state index >= 15 is 0 Å². The number of phenols is 2. The van der Waals surface area contributed by atoms with Crippen LogP contribution in [0.15, 0.2) is 18.2 Å². The first-order valence-electron chi connectivity index (χ1n) is 7.57. The molecule has 166 valence electrons. The normalized spacial score (nSPS) is 14.6. The molecule has 0 saturated carbocycles. The highest BCUT2D eigenvalue weighted by Gasteiger charge is 2.81. The average Bonchev–Trinajstić information content (AvgIpc) is 2.56. The number of ether oxygens (including phenoxy) is 1. The van der Waals surface area contributed by atoms with Crippen LogP contribution in [0.3, 0.4) is 0 Å². The fourth-order valence-electron chi connectivity index (χ4n) is 1.98. The maximum Gasteiger partial charge on any atom is 0.460 e. The summed E-state index contributed by atoms with van der Waals surface area (Å²) >= 11 is 0. The summed E-state index contributed by atoms with van der Waals surface area (Å²) in [7, 11) is 0. The molecule has 1 aromatic rings. The molecule has 0 fully saturated rings. The van der Waals surface area contributed by atoms with E-state index in [1.807, 2.05) is 0 Å². The van der Waals surface area contributed by atoms with Crippen LogP contribution in [-0.2, 0) is 16.0 Å². The van der Waals surface area contributed by atoms with E-state index in [2.05, 4.69) is 4.74 Å². The Kier molecular flexibility index (Phi) is 6.94. The molecule has 0 heterocycles. The van der Waals surface area contributed by atoms with Gasteiger partial charge in [-0.15, -0.1) is 0 Å². The average molecular weight is 443 g/mol. The minimum Gasteiger partial charge on any atom is -0.504 e. The third-order valence-corrected chi connectivity index (χ3v) is 3.67. The van der Waals surface area contributed by atoms with E-state index in [4.69, 9.17) is 10.8 Å². The Labute approximate surface area is 156 Å². The Morgan fingerprint density at radius 2 is 1.52 bits per heavy atom. The molecule has 29 heavy (non-hydrogen) atoms. The molecule has 0 aromatic heterocycles. The quantitative estimate of drug-likeness (QED) is 0.326. The third kappa shape index (κ3) is 5.16. The molecule has 1 atom stereocenters. The second-order valence-corrected chi connectivity index (χ2v) is 5.90. The number of nitrogens with two attached hydrogens (primary N) is 1. The molecule has 0 aliphatic carbocycles. The molecule has 0 amide bonds. The summed E-state index contributed by atoms with van der Waals surface area (Å²) in [6.07, 6.45) is -9.63. The predicted octanol–water partition coefficient (Wildman–Crippen LogP) is 3.37. The summed E-state index contributed by atoms with van der Waals surface area (Å²) in [5, 5.41) is 18.4. The van der Waals surface area contributed by atoms with Crippen molar-refractivity contribution in [1.29, 1.82) is 0 Å². The van der Waals surface area contributed by atoms with Crippen molar-refractivity contribution in [3.05, 3.63) is 23.8 Å². The van der Waals surface area contributed by atoms with Crippen molar-refractivity contribution in [3.8, 4) is 11.5 Å². The molecule has 0 bridgehead atoms. The smallest absolute Gasteiger partial charge is 0.460 e. The largest absolute Gasteiger partial charge is 0.504 e. The molecule has 0 aliphatic rings. The van der Waals surface area contributed by atoms with Crippen LogP contribution < -0.4 is 5.73 Å². The van der Waals surface area contributed by atoms with Crippen molar-refractivity contribution in [3.63, 3.8) is 0 Å². The number of esters is 1. The molecular weight excluding hydrogens is 429 g/mol. The van der Waals surface area contributed by atoms with Crippen LogP contribution in [0.25, 0.3) is 0 Å². The highest BCUT2D eigenvalue weighted by atomic mass is 19.4. The van der Waals surface area contributed by atoms with E-state index < -0.39 is 60.5 Å². The summed E-state index contributed by atoms with van der Waals surface area (Å²) in [5.41, 5.74) is 5.55. The maximum atomic E-state index is 13.3. The van der Waals surface area contributed by atoms with Crippen molar-refractivity contribution < 1.29 is 59.3 Å². The monoisotopic (exact) mass is 443 g/mol. The molecule has 14 heteroatoms. The Morgan fingerprint density at radius 3 is 2.00 bits per heavy atom. The maximum absolute atomic E-state index is 13.3. The summed E-state index contributed by atoms with van der Waals surface area (Å²) in [6, 6.07) is 1.67. The van der Waals surface area contributed by atoms with Gasteiger partial charge in [-0.25, -0.2) is 0 Å². The lowest BCUT2D eigenvalue weighted by Crippen LogP contribution is -2.61. The van der Waals surface area contributed by atoms with Crippen LogP contribution in [0.4, 0.5) is 39.5 Å². The van der Waals surface area contributed by atoms with Gasteiger partial charge in [-0.05, 0) is 24.1 Å². The van der Waals surface area contributed by atoms with Crippen LogP contribution in [0.2, 0.25) is 0 Å². The van der Waals surface area contributed by atoms with Gasteiger partial charge in [-0.2, -0.15) is 39.5 Å². The molecule has 1 aromatic carbocycles. The molecule has 0 radical (unpaired) electrons. The van der Waals surface area contributed by atoms with E-state index in [-0.39, 0.29) is 12.0 Å². The van der Waals surface area contributed by atoms with Crippen molar-refractivity contribution in [2.45, 2.75) is 42.8 Å². The Hall–Kier alpha value is -2.38. The molecule has 5 nitrogen and oxygen atoms in total. The van der Waals surface area contributed by atoms with Crippen molar-refractivity contribution >= 4 is 5.97 Å². The van der Waals surface area contributed by atoms with Crippen molar-refractivity contribution in [1.82, 2.24) is 0 Å². The topological polar surface area (TPSA) is 92.8 Å². The number of benzene rings is 1. The van der Waals surface area contributed by atoms with E-state index in [0.717, 1.165) is 12.1 Å². The molecule has 4 N–H and O–H groups in total. The summed E-state index contributed by atoms with van der Waals surface area (Å²) in [6.45, 7) is -1.62. The fourth-order valence-corrected chi connectivity index (χ4v) is 1.98. The zero-order valence-corrected chi connectivity index (χ0v) is 14.1. The van der Waals surface area contributed by atoms with Gasteiger partial charge in [0, 0.05) is 0 Å². The first kappa shape index (κ1) is 24.7. The molecule has 1 rings (SSSR count). The first-order valence-corrected chi connectivity index (χ1v) is 7.57. The number of halogens is 9. The molecular formula is C15H14F9NO4. The highest BCUT2D eigenvalue weighted by molar-refractivity contribution is 5.75. The van der Waals surface area contributed by atoms with Gasteiger partial charge in [0.1, 0.15) is 6.04 Å². The molecule has 0 spiro atoms. The Balaban J connectivity index is 2.70. The van der Waals surface area contributed by atoms with Gasteiger partial charge in [0.2, 0.25) is 0 Å². The second kappa shape index (κ2) is 8.16. The fraction of sp³-hybridized carbons (Fsp3) is 0.533. The van der Waals surface area contributed by atoms with Gasteiger partial charge >= 0.3 is 29.9 Å². The Morgan fingerprint density at radius 1 is 0.966 bits per heavy atom. The third-order valence-electron chi connectivity index (χ3n) is 3.67. The lowest BCUT2D eigenvalue weighted by atomic mass is 10.0. The molecule has 1 unspecified atom stereocenters. The predicted molar refractivity (Wildman–Crippen MR) is 77.9 cm³/mol. The number of hydrogen-bond acceptors (Lipinski definition) is 5. The van der Waals surface area contributed by atoms with E-state index in [9.17, 15) is 49.4 Å². The van der Waals surface area contributed by atoms with Gasteiger partial charge in [-0.3, -0.25) is 4.79 Å². The van der Waals surface area contributed by atoms with Crippen LogP contribution in [0.5, 0.6) is 11.5 Å². The zero-order chi connectivity index (χ0) is 22.8. The van der Waals surface area contributed by atoms with Gasteiger partial charge in [0.05, 0.1) is 13.0 Å². The zero-order valence-electron chi connectivity index (χ0n) is 14.1. The van der Waals surface area contributed by atoms with E-state index in [1.165, 1.54) is 6.07 Å². The van der Waals surface area contributed by atoms with Gasteiger partial charge in [0.15, 0.2) is 11.5 Å². The van der Waals surface area contributed by atoms with Crippen LogP contribution in [-0.4, -0.2) is 52.8 Å². The van der Waals surface area contributed by atoms with Gasteiger partial charge in [0.25, 0.3) is 0 Å². The lowest BCUT2D eigenvalue weighted by molar-refractivity contribution is -0.397. The van der Waals surface area contributed by atoms with Crippen LogP contribution in [0.1, 0.15) is 12.0 Å². The minimum absolute atomic E-state index is 0.173. The molecule has 0 saturated heterocycles. The second-order valence-electron chi connectivity index (χ2n) is 5.90. The lowest BCUT2D eigenvalue weighted by Gasteiger charge is -2.33. The number of alkyl halides is 9.